The van der Waals surface area contributed by atoms with E-state index in [1.54, 1.807) is 0 Å². The molecule has 0 aromatic heterocycles. The number of rotatable bonds is 6. The lowest BCUT2D eigenvalue weighted by atomic mass is 9.82. The highest BCUT2D eigenvalue weighted by molar-refractivity contribution is 7.53. The smallest absolute Gasteiger partial charge is 0.142 e. The molecule has 2 saturated heterocycles. The van der Waals surface area contributed by atoms with E-state index in [-0.39, 0.29) is 0 Å². The van der Waals surface area contributed by atoms with E-state index in [9.17, 15) is 0 Å². The molecule has 4 aromatic carbocycles. The van der Waals surface area contributed by atoms with Crippen molar-refractivity contribution in [2.24, 2.45) is 23.7 Å². The predicted molar refractivity (Wildman–Crippen MR) is 199 cm³/mol. The molecule has 3 aliphatic heterocycles. The monoisotopic (exact) mass is 676 g/mol. The highest BCUT2D eigenvalue weighted by atomic mass is 31.1. The van der Waals surface area contributed by atoms with Gasteiger partial charge in [-0.1, -0.05) is 86.3 Å². The second-order valence-electron chi connectivity index (χ2n) is 14.5. The van der Waals surface area contributed by atoms with Crippen molar-refractivity contribution in [3.05, 3.63) is 84.9 Å². The lowest BCUT2D eigenvalue weighted by Crippen LogP contribution is -2.16. The van der Waals surface area contributed by atoms with Gasteiger partial charge in [0.15, 0.2) is 0 Å². The molecule has 3 heterocycles. The minimum absolute atomic E-state index is 0.488. The Morgan fingerprint density at radius 1 is 0.458 bits per heavy atom. The maximum absolute atomic E-state index is 7.43. The van der Waals surface area contributed by atoms with Crippen LogP contribution in [0.2, 0.25) is 0 Å². The first-order valence-electron chi connectivity index (χ1n) is 18.3. The Hall–Kier alpha value is -3.06. The van der Waals surface area contributed by atoms with Gasteiger partial charge >= 0.3 is 0 Å². The molecule has 4 aromatic rings. The molecular weight excluding hydrogens is 630 g/mol. The topological polar surface area (TPSA) is 36.9 Å². The van der Waals surface area contributed by atoms with E-state index in [4.69, 9.17) is 18.5 Å². The Bertz CT molecular complexity index is 1590. The average Bonchev–Trinajstić information content (AvgIpc) is 3.73. The Labute approximate surface area is 288 Å². The predicted octanol–water partition coefficient (Wildman–Crippen LogP) is 11.7. The molecule has 0 amide bonds. The molecule has 6 heteroatoms. The zero-order chi connectivity index (χ0) is 31.9. The fourth-order valence-corrected chi connectivity index (χ4v) is 14.7. The van der Waals surface area contributed by atoms with Gasteiger partial charge in [0.2, 0.25) is 0 Å². The van der Waals surface area contributed by atoms with Crippen molar-refractivity contribution >= 4 is 16.3 Å². The molecule has 0 radical (unpaired) electrons. The van der Waals surface area contributed by atoms with Crippen LogP contribution in [0.15, 0.2) is 84.9 Å². The van der Waals surface area contributed by atoms with Gasteiger partial charge in [-0.15, -0.1) is 0 Å². The summed E-state index contributed by atoms with van der Waals surface area (Å²) in [7, 11) is -1.23. The third-order valence-electron chi connectivity index (χ3n) is 11.6. The molecule has 4 fully saturated rings. The number of ether oxygens (including phenoxy) is 2. The van der Waals surface area contributed by atoms with E-state index in [2.05, 4.69) is 84.9 Å². The first-order chi connectivity index (χ1) is 23.8. The van der Waals surface area contributed by atoms with Gasteiger partial charge in [-0.3, -0.25) is 0 Å². The highest BCUT2D eigenvalue weighted by Crippen LogP contribution is 2.62. The highest BCUT2D eigenvalue weighted by Gasteiger charge is 2.41. The molecule has 5 aliphatic rings. The Morgan fingerprint density at radius 3 is 1.21 bits per heavy atom. The maximum Gasteiger partial charge on any atom is 0.142 e. The number of fused-ring (bicyclic) bond motifs is 5. The molecule has 48 heavy (non-hydrogen) atoms. The quantitative estimate of drug-likeness (QED) is 0.191. The van der Waals surface area contributed by atoms with E-state index in [1.165, 1.54) is 76.0 Å². The lowest BCUT2D eigenvalue weighted by molar-refractivity contribution is 0.214. The molecule has 0 spiro atoms. The largest absolute Gasteiger partial charge is 0.489 e. The fourth-order valence-electron chi connectivity index (χ4n) is 9.16. The van der Waals surface area contributed by atoms with Crippen LogP contribution < -0.4 is 18.5 Å². The van der Waals surface area contributed by atoms with Crippen molar-refractivity contribution in [2.75, 3.05) is 37.9 Å². The summed E-state index contributed by atoms with van der Waals surface area (Å²) >= 11 is 0. The summed E-state index contributed by atoms with van der Waals surface area (Å²) < 4.78 is 28.0. The van der Waals surface area contributed by atoms with E-state index in [0.717, 1.165) is 80.1 Å². The third kappa shape index (κ3) is 6.03. The average molecular weight is 677 g/mol. The van der Waals surface area contributed by atoms with Gasteiger partial charge in [-0.25, -0.2) is 0 Å². The van der Waals surface area contributed by atoms with Gasteiger partial charge in [-0.2, -0.15) is 0 Å². The van der Waals surface area contributed by atoms with Crippen LogP contribution in [0, 0.1) is 23.7 Å². The summed E-state index contributed by atoms with van der Waals surface area (Å²) in [5.74, 6) is 6.84. The Morgan fingerprint density at radius 2 is 0.833 bits per heavy atom. The van der Waals surface area contributed by atoms with Gasteiger partial charge in [0.25, 0.3) is 0 Å². The van der Waals surface area contributed by atoms with E-state index < -0.39 is 16.3 Å². The summed E-state index contributed by atoms with van der Waals surface area (Å²) in [5, 5.41) is 0. The SMILES string of the molecule is c1ccc(-c2ccc3c(c2OP2C[C@H]4CCCC[C@@H]4C2)-c2c(ccc(-c4ccccc4)c2OP2C[C@H]4CCCC[C@@H]4C2)OCCO3)cc1. The lowest BCUT2D eigenvalue weighted by Gasteiger charge is -2.28. The van der Waals surface area contributed by atoms with Gasteiger partial charge in [0.05, 0.1) is 27.4 Å². The second-order valence-corrected chi connectivity index (χ2v) is 18.3. The van der Waals surface area contributed by atoms with Gasteiger partial charge in [-0.05, 0) is 84.7 Å². The third-order valence-corrected chi connectivity index (χ3v) is 16.0. The molecule has 0 bridgehead atoms. The number of benzene rings is 4. The summed E-state index contributed by atoms with van der Waals surface area (Å²) in [4.78, 5) is 0. The molecule has 9 rings (SSSR count). The van der Waals surface area contributed by atoms with Crippen LogP contribution in [0.3, 0.4) is 0 Å². The Balaban J connectivity index is 1.24. The number of hydrogen-bond donors (Lipinski definition) is 0. The minimum Gasteiger partial charge on any atom is -0.489 e. The molecule has 4 atom stereocenters. The van der Waals surface area contributed by atoms with Gasteiger partial charge in [0, 0.05) is 35.8 Å². The van der Waals surface area contributed by atoms with Crippen molar-refractivity contribution in [1.82, 2.24) is 0 Å². The van der Waals surface area contributed by atoms with Crippen molar-refractivity contribution in [3.63, 3.8) is 0 Å². The Kier molecular flexibility index (Phi) is 8.83. The minimum atomic E-state index is -0.615. The fraction of sp³-hybridized carbons (Fsp3) is 0.429. The van der Waals surface area contributed by atoms with Crippen LogP contribution >= 0.6 is 16.3 Å². The summed E-state index contributed by atoms with van der Waals surface area (Å²) in [6.07, 6.45) is 15.7. The molecule has 2 aliphatic carbocycles. The first-order valence-corrected chi connectivity index (χ1v) is 21.6. The van der Waals surface area contributed by atoms with Crippen LogP contribution in [-0.4, -0.2) is 37.9 Å². The van der Waals surface area contributed by atoms with E-state index in [1.807, 2.05) is 0 Å². The van der Waals surface area contributed by atoms with Crippen molar-refractivity contribution < 1.29 is 18.5 Å². The number of hydrogen-bond acceptors (Lipinski definition) is 4. The van der Waals surface area contributed by atoms with E-state index >= 15 is 0 Å². The summed E-state index contributed by atoms with van der Waals surface area (Å²) in [6, 6.07) is 30.3. The maximum atomic E-state index is 7.43. The van der Waals surface area contributed by atoms with Gasteiger partial charge < -0.3 is 18.5 Å². The van der Waals surface area contributed by atoms with Crippen LogP contribution in [0.25, 0.3) is 33.4 Å². The summed E-state index contributed by atoms with van der Waals surface area (Å²) in [5.41, 5.74) is 6.58. The summed E-state index contributed by atoms with van der Waals surface area (Å²) in [6.45, 7) is 0.977. The van der Waals surface area contributed by atoms with Crippen molar-refractivity contribution in [1.29, 1.82) is 0 Å². The van der Waals surface area contributed by atoms with Crippen LogP contribution in [0.1, 0.15) is 51.4 Å². The van der Waals surface area contributed by atoms with Crippen LogP contribution in [0.5, 0.6) is 23.0 Å². The van der Waals surface area contributed by atoms with Gasteiger partial charge in [0.1, 0.15) is 36.2 Å². The van der Waals surface area contributed by atoms with E-state index in [0.29, 0.717) is 13.2 Å². The van der Waals surface area contributed by atoms with Crippen LogP contribution in [-0.2, 0) is 0 Å². The second kappa shape index (κ2) is 13.7. The molecule has 2 saturated carbocycles. The zero-order valence-electron chi connectivity index (χ0n) is 27.8. The first kappa shape index (κ1) is 31.0. The normalized spacial score (nSPS) is 25.3. The molecule has 0 unspecified atom stereocenters. The molecule has 248 valence electrons. The molecule has 0 N–H and O–H groups in total. The van der Waals surface area contributed by atoms with Crippen molar-refractivity contribution in [2.45, 2.75) is 51.4 Å². The zero-order valence-corrected chi connectivity index (χ0v) is 29.6. The van der Waals surface area contributed by atoms with Crippen molar-refractivity contribution in [3.8, 4) is 56.4 Å². The standard InChI is InChI=1S/C42H46O4P2/c1-3-11-29(12-4-1)35-19-21-37-39(41(35)45-47-25-31-15-7-8-16-32(31)26-47)40-38(44-24-23-43-37)22-20-36(30-13-5-2-6-14-30)42(40)46-48-27-33-17-9-10-18-34(33)28-48/h1-6,11-14,19-22,31-34H,7-10,15-18,23-28H2/t31-,32-,33-,34-/m1/s1. The van der Waals surface area contributed by atoms with Crippen LogP contribution in [0.4, 0.5) is 0 Å². The molecule has 4 nitrogen and oxygen atoms in total. The molecular formula is C42H46O4P2.